The zero-order valence-electron chi connectivity index (χ0n) is 4.24. The van der Waals surface area contributed by atoms with Gasteiger partial charge in [-0.3, -0.25) is 18.2 Å². The summed E-state index contributed by atoms with van der Waals surface area (Å²) in [5.74, 6) is 0. The molecule has 0 saturated carbocycles. The standard InChI is InChI=1S/Li.Mg.2H2O4S.3H/c;;2*1-5(2,3)4;;;/h;;2*(H2,1,2,3,4);;;. The maximum Gasteiger partial charge on any atom is 0.316 e. The van der Waals surface area contributed by atoms with Crippen LogP contribution in [0.1, 0.15) is 0 Å². The summed E-state index contributed by atoms with van der Waals surface area (Å²) in [4.78, 5) is 0. The molecule has 70 valence electrons. The summed E-state index contributed by atoms with van der Waals surface area (Å²) in [7, 11) is -9.33. The van der Waals surface area contributed by atoms with Crippen molar-refractivity contribution in [2.75, 3.05) is 0 Å². The smallest absolute Gasteiger partial charge is 0.316 e. The molecule has 0 radical (unpaired) electrons. The van der Waals surface area contributed by atoms with Crippen molar-refractivity contribution in [3.8, 4) is 0 Å². The molecule has 8 nitrogen and oxygen atoms in total. The molecule has 0 aliphatic heterocycles. The van der Waals surface area contributed by atoms with E-state index in [9.17, 15) is 0 Å². The summed E-state index contributed by atoms with van der Waals surface area (Å²) < 4.78 is 63.2. The minimum atomic E-state index is -4.67. The summed E-state index contributed by atoms with van der Waals surface area (Å²) in [6.07, 6.45) is 0. The van der Waals surface area contributed by atoms with Gasteiger partial charge in [0.2, 0.25) is 0 Å². The van der Waals surface area contributed by atoms with Crippen LogP contribution in [0.4, 0.5) is 0 Å². The Morgan fingerprint density at radius 3 is 0.667 bits per heavy atom. The molecule has 0 fully saturated rings. The van der Waals surface area contributed by atoms with E-state index in [0.717, 1.165) is 0 Å². The molecule has 0 heterocycles. The molecule has 0 rings (SSSR count). The molecule has 0 bridgehead atoms. The van der Waals surface area contributed by atoms with Crippen LogP contribution in [0.3, 0.4) is 0 Å². The average molecular weight is 230 g/mol. The van der Waals surface area contributed by atoms with E-state index in [2.05, 4.69) is 0 Å². The Labute approximate surface area is 97.2 Å². The van der Waals surface area contributed by atoms with E-state index in [1.807, 2.05) is 0 Å². The molecule has 0 aromatic rings. The number of hydrogen-bond donors (Lipinski definition) is 4. The first-order valence-electron chi connectivity index (χ1n) is 1.40. The van der Waals surface area contributed by atoms with E-state index < -0.39 is 20.8 Å². The van der Waals surface area contributed by atoms with Crippen LogP contribution in [0.25, 0.3) is 0 Å². The fraction of sp³-hybridized carbons (Fsp3) is 0. The van der Waals surface area contributed by atoms with E-state index in [1.54, 1.807) is 0 Å². The summed E-state index contributed by atoms with van der Waals surface area (Å²) >= 11 is 0. The maximum absolute atomic E-state index is 8.74. The quantitative estimate of drug-likeness (QED) is 0.256. The fourth-order valence-electron chi connectivity index (χ4n) is 0. The fourth-order valence-corrected chi connectivity index (χ4v) is 0. The Kier molecular flexibility index (Phi) is 16.8. The van der Waals surface area contributed by atoms with E-state index >= 15 is 0 Å². The largest absolute Gasteiger partial charge is 0.316 e. The monoisotopic (exact) mass is 230 g/mol. The second kappa shape index (κ2) is 8.69. The molecular weight excluding hydrogens is 223 g/mol. The van der Waals surface area contributed by atoms with E-state index in [1.165, 1.54) is 0 Å². The summed E-state index contributed by atoms with van der Waals surface area (Å²) in [6.45, 7) is 0. The van der Waals surface area contributed by atoms with Crippen LogP contribution in [0.15, 0.2) is 0 Å². The van der Waals surface area contributed by atoms with E-state index in [-0.39, 0.29) is 41.9 Å². The summed E-state index contributed by atoms with van der Waals surface area (Å²) in [5.41, 5.74) is 0. The van der Waals surface area contributed by atoms with Gasteiger partial charge < -0.3 is 0 Å². The molecule has 0 spiro atoms. The summed E-state index contributed by atoms with van der Waals surface area (Å²) in [5, 5.41) is 0. The van der Waals surface area contributed by atoms with Crippen LogP contribution in [-0.4, -0.2) is 77.0 Å². The third-order valence-electron chi connectivity index (χ3n) is 0. The van der Waals surface area contributed by atoms with Crippen molar-refractivity contribution >= 4 is 62.7 Å². The SMILES string of the molecule is O=S(=O)(O)O.O=S(=O)(O)O.[LiH].[MgH2]. The molecule has 0 saturated heterocycles. The molecule has 12 heteroatoms. The summed E-state index contributed by atoms with van der Waals surface area (Å²) in [6, 6.07) is 0. The van der Waals surface area contributed by atoms with Gasteiger partial charge in [-0.2, -0.15) is 16.8 Å². The Morgan fingerprint density at radius 2 is 0.667 bits per heavy atom. The minimum Gasteiger partial charge on any atom is 0.316 e. The van der Waals surface area contributed by atoms with Crippen molar-refractivity contribution < 1.29 is 35.0 Å². The van der Waals surface area contributed by atoms with Crippen molar-refractivity contribution in [2.45, 2.75) is 0 Å². The van der Waals surface area contributed by atoms with Gasteiger partial charge in [-0.25, -0.2) is 0 Å². The van der Waals surface area contributed by atoms with Crippen molar-refractivity contribution in [1.29, 1.82) is 0 Å². The Hall–Kier alpha value is 1.10. The Balaban J connectivity index is -0.0000000457. The number of rotatable bonds is 0. The Morgan fingerprint density at radius 1 is 0.667 bits per heavy atom. The molecule has 0 aliphatic carbocycles. The first-order chi connectivity index (χ1) is 4.00. The average Bonchev–Trinajstić information content (AvgIpc) is 1.12. The van der Waals surface area contributed by atoms with E-state index in [4.69, 9.17) is 35.0 Å². The topological polar surface area (TPSA) is 149 Å². The van der Waals surface area contributed by atoms with Gasteiger partial charge in [-0.15, -0.1) is 0 Å². The van der Waals surface area contributed by atoms with Gasteiger partial charge >= 0.3 is 62.7 Å². The van der Waals surface area contributed by atoms with E-state index in [0.29, 0.717) is 0 Å². The Bertz CT molecular complexity index is 213. The molecule has 0 amide bonds. The second-order valence-electron chi connectivity index (χ2n) is 0.896. The van der Waals surface area contributed by atoms with Gasteiger partial charge in [-0.05, 0) is 0 Å². The minimum absolute atomic E-state index is 0. The number of hydrogen-bond acceptors (Lipinski definition) is 4. The molecule has 12 heavy (non-hydrogen) atoms. The van der Waals surface area contributed by atoms with Crippen LogP contribution >= 0.6 is 0 Å². The van der Waals surface area contributed by atoms with Crippen LogP contribution in [0, 0.1) is 0 Å². The molecule has 0 aliphatic rings. The van der Waals surface area contributed by atoms with Crippen LogP contribution in [0.2, 0.25) is 0 Å². The third kappa shape index (κ3) is 931. The maximum atomic E-state index is 8.74. The first kappa shape index (κ1) is 23.2. The normalized spacial score (nSPS) is 9.67. The van der Waals surface area contributed by atoms with Crippen molar-refractivity contribution in [3.05, 3.63) is 0 Å². The van der Waals surface area contributed by atoms with Gasteiger partial charge in [0.25, 0.3) is 0 Å². The van der Waals surface area contributed by atoms with Crippen LogP contribution in [-0.2, 0) is 20.8 Å². The first-order valence-corrected chi connectivity index (χ1v) is 4.19. The molecule has 0 unspecified atom stereocenters. The van der Waals surface area contributed by atoms with Gasteiger partial charge in [0, 0.05) is 0 Å². The van der Waals surface area contributed by atoms with Gasteiger partial charge in [0.15, 0.2) is 0 Å². The molecule has 4 N–H and O–H groups in total. The molecular formula is H7LiMgO8S2. The third-order valence-corrected chi connectivity index (χ3v) is 0. The molecule has 0 aromatic carbocycles. The van der Waals surface area contributed by atoms with Crippen LogP contribution < -0.4 is 0 Å². The molecule has 0 aromatic heterocycles. The zero-order valence-corrected chi connectivity index (χ0v) is 5.87. The van der Waals surface area contributed by atoms with Gasteiger partial charge in [-0.1, -0.05) is 0 Å². The predicted octanol–water partition coefficient (Wildman–Crippen LogP) is -2.87. The molecule has 0 atom stereocenters. The van der Waals surface area contributed by atoms with Gasteiger partial charge in [0.05, 0.1) is 0 Å². The van der Waals surface area contributed by atoms with Crippen molar-refractivity contribution in [2.24, 2.45) is 0 Å². The zero-order chi connectivity index (χ0) is 9.00. The predicted molar refractivity (Wildman–Crippen MR) is 44.0 cm³/mol. The van der Waals surface area contributed by atoms with Crippen molar-refractivity contribution in [3.63, 3.8) is 0 Å². The van der Waals surface area contributed by atoms with Gasteiger partial charge in [0.1, 0.15) is 0 Å². The second-order valence-corrected chi connectivity index (χ2v) is 2.69. The van der Waals surface area contributed by atoms with Crippen LogP contribution in [0.5, 0.6) is 0 Å². The van der Waals surface area contributed by atoms with Crippen molar-refractivity contribution in [1.82, 2.24) is 0 Å².